The maximum absolute atomic E-state index is 6.46. The summed E-state index contributed by atoms with van der Waals surface area (Å²) in [6.45, 7) is 20.8. The Labute approximate surface area is 326 Å². The third-order valence-electron chi connectivity index (χ3n) is 10.1. The predicted octanol–water partition coefficient (Wildman–Crippen LogP) is 8.68. The van der Waals surface area contributed by atoms with Crippen molar-refractivity contribution >= 4 is 44.3 Å². The van der Waals surface area contributed by atoms with Crippen LogP contribution in [-0.2, 0) is 27.2 Å². The third kappa shape index (κ3) is 10.6. The van der Waals surface area contributed by atoms with E-state index < -0.39 is 16.4 Å². The summed E-state index contributed by atoms with van der Waals surface area (Å²) in [7, 11) is -1.36. The summed E-state index contributed by atoms with van der Waals surface area (Å²) in [6.07, 6.45) is 8.24. The largest absolute Gasteiger partial charge is 0.475 e. The van der Waals surface area contributed by atoms with Gasteiger partial charge < -0.3 is 38.0 Å². The number of pyridine rings is 1. The van der Waals surface area contributed by atoms with Crippen molar-refractivity contribution in [1.29, 1.82) is 0 Å². The van der Waals surface area contributed by atoms with Crippen molar-refractivity contribution < 1.29 is 28.1 Å². The van der Waals surface area contributed by atoms with Crippen LogP contribution in [0.1, 0.15) is 45.9 Å². The van der Waals surface area contributed by atoms with E-state index in [1.165, 1.54) is 0 Å². The Hall–Kier alpha value is -4.16. The lowest BCUT2D eigenvalue weighted by molar-refractivity contribution is -0.106. The minimum absolute atomic E-state index is 0.0653. The van der Waals surface area contributed by atoms with E-state index in [2.05, 4.69) is 92.1 Å². The second kappa shape index (κ2) is 17.3. The molecular formula is C40H57N7O6Si2. The summed E-state index contributed by atoms with van der Waals surface area (Å²) in [5, 5.41) is 4.91. The van der Waals surface area contributed by atoms with E-state index in [-0.39, 0.29) is 17.9 Å². The maximum atomic E-state index is 6.46. The first-order valence-corrected chi connectivity index (χ1v) is 25.9. The van der Waals surface area contributed by atoms with Gasteiger partial charge in [-0.3, -0.25) is 4.98 Å². The molecule has 1 fully saturated rings. The van der Waals surface area contributed by atoms with E-state index in [9.17, 15) is 0 Å². The molecule has 6 rings (SSSR count). The number of rotatable bonds is 17. The van der Waals surface area contributed by atoms with Gasteiger partial charge in [-0.2, -0.15) is 15.0 Å². The molecule has 5 aromatic rings. The SMILES string of the molecule is CNc1nc(OCc2nccc(OCCO[Si](C)(C)C(C)(C)C)n2)c2c(-c3ccc4ncc(OC5CCCCO5)cc4c3)cn(COCC[Si](C)(C)C)c2n1. The van der Waals surface area contributed by atoms with Gasteiger partial charge in [0.15, 0.2) is 26.1 Å². The summed E-state index contributed by atoms with van der Waals surface area (Å²) in [5.41, 5.74) is 3.38. The number of hydrogen-bond acceptors (Lipinski definition) is 12. The van der Waals surface area contributed by atoms with E-state index >= 15 is 0 Å². The predicted molar refractivity (Wildman–Crippen MR) is 221 cm³/mol. The van der Waals surface area contributed by atoms with E-state index in [0.717, 1.165) is 52.7 Å². The van der Waals surface area contributed by atoms with Gasteiger partial charge in [0, 0.05) is 57.6 Å². The molecule has 1 aliphatic rings. The molecule has 0 radical (unpaired) electrons. The number of fused-ring (bicyclic) bond motifs is 2. The van der Waals surface area contributed by atoms with Crippen molar-refractivity contribution in [2.24, 2.45) is 0 Å². The molecule has 13 nitrogen and oxygen atoms in total. The van der Waals surface area contributed by atoms with Crippen molar-refractivity contribution in [3.8, 4) is 28.6 Å². The van der Waals surface area contributed by atoms with Crippen LogP contribution in [0.2, 0.25) is 43.8 Å². The number of nitrogens with one attached hydrogen (secondary N) is 1. The molecule has 0 spiro atoms. The van der Waals surface area contributed by atoms with Crippen LogP contribution in [-0.4, -0.2) is 85.6 Å². The molecule has 15 heteroatoms. The first kappa shape index (κ1) is 40.5. The van der Waals surface area contributed by atoms with Gasteiger partial charge in [0.25, 0.3) is 0 Å². The van der Waals surface area contributed by atoms with E-state index in [4.69, 9.17) is 38.1 Å². The van der Waals surface area contributed by atoms with Gasteiger partial charge >= 0.3 is 0 Å². The Morgan fingerprint density at radius 2 is 1.78 bits per heavy atom. The van der Waals surface area contributed by atoms with Gasteiger partial charge in [-0.25, -0.2) is 4.98 Å². The molecule has 1 saturated heterocycles. The van der Waals surface area contributed by atoms with Crippen LogP contribution in [0.4, 0.5) is 5.95 Å². The highest BCUT2D eigenvalue weighted by atomic mass is 28.4. The van der Waals surface area contributed by atoms with Crippen LogP contribution in [0.5, 0.6) is 17.5 Å². The fourth-order valence-corrected chi connectivity index (χ4v) is 7.63. The number of aromatic nitrogens is 6. The zero-order valence-electron chi connectivity index (χ0n) is 33.9. The molecule has 1 N–H and O–H groups in total. The molecule has 55 heavy (non-hydrogen) atoms. The topological polar surface area (TPSA) is 137 Å². The summed E-state index contributed by atoms with van der Waals surface area (Å²) in [5.74, 6) is 2.41. The zero-order chi connectivity index (χ0) is 39.2. The first-order chi connectivity index (χ1) is 26.2. The second-order valence-corrected chi connectivity index (χ2v) is 27.1. The number of benzene rings is 1. The van der Waals surface area contributed by atoms with E-state index in [1.54, 1.807) is 25.5 Å². The smallest absolute Gasteiger partial charge is 0.229 e. The fourth-order valence-electron chi connectivity index (χ4n) is 5.85. The molecule has 0 amide bonds. The molecule has 5 heterocycles. The zero-order valence-corrected chi connectivity index (χ0v) is 35.9. The maximum Gasteiger partial charge on any atom is 0.229 e. The lowest BCUT2D eigenvalue weighted by atomic mass is 10.0. The highest BCUT2D eigenvalue weighted by Crippen LogP contribution is 2.38. The number of hydrogen-bond donors (Lipinski definition) is 1. The molecule has 4 aromatic heterocycles. The van der Waals surface area contributed by atoms with Crippen molar-refractivity contribution in [1.82, 2.24) is 29.5 Å². The second-order valence-electron chi connectivity index (χ2n) is 16.7. The van der Waals surface area contributed by atoms with Gasteiger partial charge in [0.2, 0.25) is 17.7 Å². The van der Waals surface area contributed by atoms with Crippen molar-refractivity contribution in [2.45, 2.75) is 103 Å². The van der Waals surface area contributed by atoms with Crippen LogP contribution in [0.25, 0.3) is 33.1 Å². The lowest BCUT2D eigenvalue weighted by Gasteiger charge is -2.36. The minimum Gasteiger partial charge on any atom is -0.475 e. The average Bonchev–Trinajstić information content (AvgIpc) is 3.52. The fraction of sp³-hybridized carbons (Fsp3) is 0.525. The van der Waals surface area contributed by atoms with Gasteiger partial charge in [-0.15, -0.1) is 0 Å². The van der Waals surface area contributed by atoms with Crippen LogP contribution in [0, 0.1) is 0 Å². The van der Waals surface area contributed by atoms with Crippen LogP contribution < -0.4 is 19.5 Å². The highest BCUT2D eigenvalue weighted by molar-refractivity contribution is 6.76. The molecule has 1 aliphatic heterocycles. The van der Waals surface area contributed by atoms with Gasteiger partial charge in [0.1, 0.15) is 25.7 Å². The van der Waals surface area contributed by atoms with Crippen molar-refractivity contribution in [3.63, 3.8) is 0 Å². The van der Waals surface area contributed by atoms with Crippen molar-refractivity contribution in [3.05, 3.63) is 54.7 Å². The van der Waals surface area contributed by atoms with Crippen molar-refractivity contribution in [2.75, 3.05) is 38.8 Å². The van der Waals surface area contributed by atoms with Gasteiger partial charge in [0.05, 0.1) is 30.3 Å². The van der Waals surface area contributed by atoms with Crippen LogP contribution in [0.15, 0.2) is 48.9 Å². The number of anilines is 1. The molecule has 1 unspecified atom stereocenters. The number of ether oxygens (including phenoxy) is 5. The highest BCUT2D eigenvalue weighted by Gasteiger charge is 2.37. The molecule has 0 aliphatic carbocycles. The molecule has 0 saturated carbocycles. The van der Waals surface area contributed by atoms with Crippen LogP contribution >= 0.6 is 0 Å². The Balaban J connectivity index is 1.28. The summed E-state index contributed by atoms with van der Waals surface area (Å²) in [6, 6.07) is 11.0. The average molecular weight is 788 g/mol. The third-order valence-corrected chi connectivity index (χ3v) is 16.4. The minimum atomic E-state index is -1.88. The molecule has 1 atom stereocenters. The van der Waals surface area contributed by atoms with E-state index in [0.29, 0.717) is 68.1 Å². The Bertz CT molecular complexity index is 2060. The van der Waals surface area contributed by atoms with Gasteiger partial charge in [-0.1, -0.05) is 46.5 Å². The van der Waals surface area contributed by atoms with Gasteiger partial charge in [-0.05, 0) is 60.8 Å². The Morgan fingerprint density at radius 3 is 2.53 bits per heavy atom. The monoisotopic (exact) mass is 787 g/mol. The summed E-state index contributed by atoms with van der Waals surface area (Å²) in [4.78, 5) is 23.5. The Morgan fingerprint density at radius 1 is 0.945 bits per heavy atom. The summed E-state index contributed by atoms with van der Waals surface area (Å²) < 4.78 is 38.9. The molecule has 1 aromatic carbocycles. The van der Waals surface area contributed by atoms with E-state index in [1.807, 2.05) is 16.7 Å². The normalized spacial score (nSPS) is 15.4. The molecule has 296 valence electrons. The standard InChI is InChI=1S/C40H57N7O6Si2/c1-40(2,3)55(8,9)52-19-18-49-34-15-16-42-33(44-34)26-51-38-36-31(25-47(27-48-20-21-54(5,6)7)37(36)45-39(41-4)46-38)28-13-14-32-29(22-28)23-30(24-43-32)53-35-12-10-11-17-50-35/h13-16,22-25,35H,10-12,17-21,26-27H2,1-9H3,(H,41,45,46). The number of nitrogens with zero attached hydrogens (tertiary/aromatic N) is 6. The summed E-state index contributed by atoms with van der Waals surface area (Å²) >= 11 is 0. The molecular weight excluding hydrogens is 731 g/mol. The quantitative estimate of drug-likeness (QED) is 0.0713. The lowest BCUT2D eigenvalue weighted by Crippen LogP contribution is -2.41. The van der Waals surface area contributed by atoms with Crippen LogP contribution in [0.3, 0.4) is 0 Å². The Kier molecular flexibility index (Phi) is 12.8. The first-order valence-electron chi connectivity index (χ1n) is 19.3. The molecule has 0 bridgehead atoms.